The number of aryl methyl sites for hydroxylation is 1. The highest BCUT2D eigenvalue weighted by Gasteiger charge is 2.13. The first-order chi connectivity index (χ1) is 16.6. The third-order valence-electron chi connectivity index (χ3n) is 5.49. The fourth-order valence-electron chi connectivity index (χ4n) is 3.62. The van der Waals surface area contributed by atoms with E-state index in [1.54, 1.807) is 6.07 Å². The molecule has 0 radical (unpaired) electrons. The Kier molecular flexibility index (Phi) is 5.93. The van der Waals surface area contributed by atoms with Gasteiger partial charge in [0.15, 0.2) is 0 Å². The molecule has 0 fully saturated rings. The molecule has 0 atom stereocenters. The summed E-state index contributed by atoms with van der Waals surface area (Å²) in [6, 6.07) is 27.6. The Morgan fingerprint density at radius 1 is 0.912 bits per heavy atom. The summed E-state index contributed by atoms with van der Waals surface area (Å²) in [5, 5.41) is 16.7. The van der Waals surface area contributed by atoms with Crippen molar-refractivity contribution in [2.75, 3.05) is 5.32 Å². The van der Waals surface area contributed by atoms with Crippen molar-refractivity contribution >= 4 is 23.0 Å². The largest absolute Gasteiger partial charge is 0.477 e. The first kappa shape index (κ1) is 21.6. The van der Waals surface area contributed by atoms with Crippen molar-refractivity contribution in [1.82, 2.24) is 10.1 Å². The molecule has 5 aromatic rings. The highest BCUT2D eigenvalue weighted by Crippen LogP contribution is 2.28. The summed E-state index contributed by atoms with van der Waals surface area (Å²) >= 11 is 1.27. The van der Waals surface area contributed by atoms with Crippen LogP contribution in [0.2, 0.25) is 0 Å². The van der Waals surface area contributed by atoms with Crippen molar-refractivity contribution in [3.8, 4) is 34.0 Å². The molecule has 168 valence electrons. The molecule has 0 bridgehead atoms. The van der Waals surface area contributed by atoms with Gasteiger partial charge in [-0.25, -0.2) is 4.79 Å². The summed E-state index contributed by atoms with van der Waals surface area (Å²) in [7, 11) is 0. The maximum absolute atomic E-state index is 11.1. The van der Waals surface area contributed by atoms with Crippen molar-refractivity contribution in [2.45, 2.75) is 13.5 Å². The number of nitrogens with one attached hydrogen (secondary N) is 1. The SMILES string of the molecule is Cc1ccc(-c2noc(-c3ccc(-c4ccccc4)cc3)n2)cc1NCc1ccc(C(=O)O)s1. The van der Waals surface area contributed by atoms with Gasteiger partial charge in [-0.1, -0.05) is 59.8 Å². The van der Waals surface area contributed by atoms with Crippen LogP contribution in [0.1, 0.15) is 20.1 Å². The summed E-state index contributed by atoms with van der Waals surface area (Å²) in [6.45, 7) is 2.55. The number of benzene rings is 3. The van der Waals surface area contributed by atoms with Gasteiger partial charge >= 0.3 is 5.97 Å². The minimum Gasteiger partial charge on any atom is -0.477 e. The average molecular weight is 468 g/mol. The van der Waals surface area contributed by atoms with Crippen molar-refractivity contribution in [3.63, 3.8) is 0 Å². The van der Waals surface area contributed by atoms with E-state index in [0.717, 1.165) is 38.4 Å². The van der Waals surface area contributed by atoms with Crippen LogP contribution in [0.15, 0.2) is 89.5 Å². The summed E-state index contributed by atoms with van der Waals surface area (Å²) in [4.78, 5) is 17.0. The average Bonchev–Trinajstić information content (AvgIpc) is 3.55. The molecular formula is C27H21N3O3S. The van der Waals surface area contributed by atoms with Gasteiger partial charge in [-0.15, -0.1) is 11.3 Å². The molecule has 2 aromatic heterocycles. The van der Waals surface area contributed by atoms with E-state index in [2.05, 4.69) is 27.6 Å². The van der Waals surface area contributed by atoms with Crippen LogP contribution in [-0.4, -0.2) is 21.2 Å². The van der Waals surface area contributed by atoms with Crippen molar-refractivity contribution in [3.05, 3.63) is 100 Å². The number of carboxylic acid groups (broad SMARTS) is 1. The highest BCUT2D eigenvalue weighted by atomic mass is 32.1. The molecule has 0 aliphatic rings. The number of nitrogens with zero attached hydrogens (tertiary/aromatic N) is 2. The summed E-state index contributed by atoms with van der Waals surface area (Å²) in [5.41, 5.74) is 5.97. The Morgan fingerprint density at radius 3 is 2.35 bits per heavy atom. The summed E-state index contributed by atoms with van der Waals surface area (Å²) < 4.78 is 5.54. The summed E-state index contributed by atoms with van der Waals surface area (Å²) in [5.74, 6) is 0.0657. The van der Waals surface area contributed by atoms with Crippen LogP contribution in [0.4, 0.5) is 5.69 Å². The van der Waals surface area contributed by atoms with Gasteiger partial charge in [0.05, 0.1) is 0 Å². The second-order valence-electron chi connectivity index (χ2n) is 7.82. The van der Waals surface area contributed by atoms with Gasteiger partial charge in [-0.2, -0.15) is 4.98 Å². The quantitative estimate of drug-likeness (QED) is 0.275. The minimum atomic E-state index is -0.906. The fraction of sp³-hybridized carbons (Fsp3) is 0.0741. The molecule has 0 amide bonds. The fourth-order valence-corrected chi connectivity index (χ4v) is 4.40. The molecule has 34 heavy (non-hydrogen) atoms. The van der Waals surface area contributed by atoms with E-state index in [9.17, 15) is 4.79 Å². The third-order valence-corrected chi connectivity index (χ3v) is 6.56. The number of thiophene rings is 1. The van der Waals surface area contributed by atoms with E-state index in [-0.39, 0.29) is 0 Å². The molecule has 3 aromatic carbocycles. The van der Waals surface area contributed by atoms with Crippen LogP contribution in [0.25, 0.3) is 34.0 Å². The van der Waals surface area contributed by atoms with Gasteiger partial charge in [0.2, 0.25) is 5.82 Å². The Hall–Kier alpha value is -4.23. The molecule has 0 saturated heterocycles. The maximum Gasteiger partial charge on any atom is 0.345 e. The van der Waals surface area contributed by atoms with Crippen LogP contribution in [0.3, 0.4) is 0 Å². The van der Waals surface area contributed by atoms with E-state index in [1.165, 1.54) is 11.3 Å². The Bertz CT molecular complexity index is 1440. The lowest BCUT2D eigenvalue weighted by Gasteiger charge is -2.09. The number of aromatic nitrogens is 2. The van der Waals surface area contributed by atoms with Crippen LogP contribution in [0.5, 0.6) is 0 Å². The molecule has 5 rings (SSSR count). The van der Waals surface area contributed by atoms with Crippen molar-refractivity contribution < 1.29 is 14.4 Å². The van der Waals surface area contributed by atoms with Gasteiger partial charge in [0.1, 0.15) is 4.88 Å². The molecule has 0 spiro atoms. The molecular weight excluding hydrogens is 446 g/mol. The van der Waals surface area contributed by atoms with Crippen LogP contribution in [-0.2, 0) is 6.54 Å². The monoisotopic (exact) mass is 467 g/mol. The normalized spacial score (nSPS) is 10.9. The first-order valence-corrected chi connectivity index (χ1v) is 11.5. The number of rotatable bonds is 7. The van der Waals surface area contributed by atoms with Gasteiger partial charge in [-0.3, -0.25) is 0 Å². The van der Waals surface area contributed by atoms with E-state index >= 15 is 0 Å². The molecule has 0 aliphatic heterocycles. The van der Waals surface area contributed by atoms with Crippen LogP contribution in [0, 0.1) is 6.92 Å². The van der Waals surface area contributed by atoms with Gasteiger partial charge in [0.25, 0.3) is 5.89 Å². The molecule has 2 N–H and O–H groups in total. The molecule has 0 aliphatic carbocycles. The predicted octanol–water partition coefficient (Wildman–Crippen LogP) is 6.75. The van der Waals surface area contributed by atoms with Crippen molar-refractivity contribution in [2.24, 2.45) is 0 Å². The molecule has 7 heteroatoms. The number of hydrogen-bond donors (Lipinski definition) is 2. The summed E-state index contributed by atoms with van der Waals surface area (Å²) in [6.07, 6.45) is 0. The van der Waals surface area contributed by atoms with Crippen LogP contribution >= 0.6 is 11.3 Å². The lowest BCUT2D eigenvalue weighted by atomic mass is 10.0. The predicted molar refractivity (Wildman–Crippen MR) is 134 cm³/mol. The van der Waals surface area contributed by atoms with Crippen molar-refractivity contribution in [1.29, 1.82) is 0 Å². The van der Waals surface area contributed by atoms with Gasteiger partial charge in [0, 0.05) is 28.2 Å². The van der Waals surface area contributed by atoms with E-state index in [0.29, 0.717) is 23.1 Å². The molecule has 2 heterocycles. The van der Waals surface area contributed by atoms with Gasteiger partial charge < -0.3 is 14.9 Å². The Balaban J connectivity index is 1.33. The zero-order valence-electron chi connectivity index (χ0n) is 18.4. The lowest BCUT2D eigenvalue weighted by molar-refractivity contribution is 0.0702. The Morgan fingerprint density at radius 2 is 1.62 bits per heavy atom. The molecule has 0 unspecified atom stereocenters. The number of anilines is 1. The zero-order valence-corrected chi connectivity index (χ0v) is 19.2. The Labute approximate surface area is 200 Å². The standard InChI is InChI=1S/C27H21N3O3S/c1-17-7-8-21(15-23(17)28-16-22-13-14-24(34-22)27(31)32)25-29-26(33-30-25)20-11-9-19(10-12-20)18-5-3-2-4-6-18/h2-15,28H,16H2,1H3,(H,31,32). The minimum absolute atomic E-state index is 0.332. The topological polar surface area (TPSA) is 88.3 Å². The molecule has 6 nitrogen and oxygen atoms in total. The van der Waals surface area contributed by atoms with E-state index < -0.39 is 5.97 Å². The van der Waals surface area contributed by atoms with Gasteiger partial charge in [-0.05, 0) is 53.9 Å². The second kappa shape index (κ2) is 9.33. The van der Waals surface area contributed by atoms with E-state index in [1.807, 2.05) is 73.7 Å². The molecule has 0 saturated carbocycles. The van der Waals surface area contributed by atoms with Crippen LogP contribution < -0.4 is 5.32 Å². The van der Waals surface area contributed by atoms with E-state index in [4.69, 9.17) is 9.63 Å². The highest BCUT2D eigenvalue weighted by molar-refractivity contribution is 7.13. The smallest absolute Gasteiger partial charge is 0.345 e. The third kappa shape index (κ3) is 4.60. The lowest BCUT2D eigenvalue weighted by Crippen LogP contribution is -2.00. The second-order valence-corrected chi connectivity index (χ2v) is 8.99. The number of carbonyl (C=O) groups is 1. The zero-order chi connectivity index (χ0) is 23.5. The number of carboxylic acids is 1. The number of aromatic carboxylic acids is 1. The maximum atomic E-state index is 11.1. The first-order valence-electron chi connectivity index (χ1n) is 10.7. The number of hydrogen-bond acceptors (Lipinski definition) is 6.